The molecule has 3 unspecified atom stereocenters. The summed E-state index contributed by atoms with van der Waals surface area (Å²) in [6.45, 7) is 4.82. The lowest BCUT2D eigenvalue weighted by Crippen LogP contribution is -2.46. The molecule has 0 aromatic rings. The Morgan fingerprint density at radius 1 is 0.507 bits per heavy atom. The molecule has 3 N–H and O–H groups in total. The Morgan fingerprint density at radius 2 is 0.851 bits per heavy atom. The van der Waals surface area contributed by atoms with Crippen LogP contribution in [0.3, 0.4) is 0 Å². The molecule has 396 valence electrons. The number of aliphatic hydroxyl groups excluding tert-OH is 1. The second-order valence-corrected chi connectivity index (χ2v) is 22.5. The lowest BCUT2D eigenvalue weighted by Gasteiger charge is -2.26. The maximum absolute atomic E-state index is 12.9. The largest absolute Gasteiger partial charge is 0.472 e. The normalized spacial score (nSPS) is 14.2. The van der Waals surface area contributed by atoms with Crippen LogP contribution in [-0.2, 0) is 18.4 Å². The number of rotatable bonds is 53. The molecule has 0 radical (unpaired) electrons. The molecule has 0 aromatic heterocycles. The molecule has 0 fully saturated rings. The van der Waals surface area contributed by atoms with Gasteiger partial charge >= 0.3 is 7.82 Å². The Hall–Kier alpha value is -1.28. The van der Waals surface area contributed by atoms with E-state index in [1.54, 1.807) is 0 Å². The van der Waals surface area contributed by atoms with Gasteiger partial charge in [0.15, 0.2) is 0 Å². The van der Waals surface area contributed by atoms with Gasteiger partial charge in [-0.3, -0.25) is 13.8 Å². The van der Waals surface area contributed by atoms with Gasteiger partial charge in [0.25, 0.3) is 0 Å². The fourth-order valence-electron chi connectivity index (χ4n) is 8.58. The van der Waals surface area contributed by atoms with Crippen molar-refractivity contribution in [3.8, 4) is 0 Å². The number of aliphatic hydroxyl groups is 1. The number of nitrogens with zero attached hydrogens (tertiary/aromatic N) is 1. The number of unbranched alkanes of at least 4 members (excludes halogenated alkanes) is 34. The zero-order valence-electron chi connectivity index (χ0n) is 45.2. The number of phosphoric ester groups is 1. The molecule has 0 aromatic carbocycles. The summed E-state index contributed by atoms with van der Waals surface area (Å²) in [5.74, 6) is -0.146. The number of nitrogens with one attached hydrogen (secondary N) is 1. The molecule has 67 heavy (non-hydrogen) atoms. The zero-order chi connectivity index (χ0) is 49.2. The van der Waals surface area contributed by atoms with Crippen LogP contribution in [-0.4, -0.2) is 73.4 Å². The summed E-state index contributed by atoms with van der Waals surface area (Å²) in [5, 5.41) is 13.8. The summed E-state index contributed by atoms with van der Waals surface area (Å²) in [7, 11) is 1.62. The second-order valence-electron chi connectivity index (χ2n) is 21.0. The van der Waals surface area contributed by atoms with Crippen LogP contribution >= 0.6 is 7.82 Å². The number of allylic oxidation sites excluding steroid dienone is 6. The third-order valence-corrected chi connectivity index (χ3v) is 14.1. The highest BCUT2D eigenvalue weighted by molar-refractivity contribution is 7.47. The minimum Gasteiger partial charge on any atom is -0.391 e. The highest BCUT2D eigenvalue weighted by Crippen LogP contribution is 2.43. The Labute approximate surface area is 417 Å². The molecule has 0 bridgehead atoms. The average molecular weight is 967 g/mol. The molecule has 3 atom stereocenters. The number of hydrogen-bond donors (Lipinski definition) is 3. The van der Waals surface area contributed by atoms with Gasteiger partial charge < -0.3 is 19.8 Å². The van der Waals surface area contributed by atoms with Crippen LogP contribution in [0.25, 0.3) is 0 Å². The fourth-order valence-corrected chi connectivity index (χ4v) is 9.32. The molecular weight excluding hydrogens is 852 g/mol. The van der Waals surface area contributed by atoms with Gasteiger partial charge in [-0.05, 0) is 51.4 Å². The molecule has 0 saturated carbocycles. The van der Waals surface area contributed by atoms with Crippen molar-refractivity contribution in [2.24, 2.45) is 0 Å². The van der Waals surface area contributed by atoms with Crippen molar-refractivity contribution >= 4 is 13.7 Å². The van der Waals surface area contributed by atoms with Gasteiger partial charge in [-0.2, -0.15) is 0 Å². The third-order valence-electron chi connectivity index (χ3n) is 13.1. The van der Waals surface area contributed by atoms with Crippen LogP contribution in [0.15, 0.2) is 36.5 Å². The van der Waals surface area contributed by atoms with Gasteiger partial charge in [0.05, 0.1) is 39.9 Å². The minimum absolute atomic E-state index is 0.0757. The number of carbonyl (C=O) groups excluding carboxylic acids is 1. The molecule has 0 aliphatic rings. The highest BCUT2D eigenvalue weighted by atomic mass is 31.2. The molecule has 0 heterocycles. The third kappa shape index (κ3) is 52.4. The van der Waals surface area contributed by atoms with Gasteiger partial charge in [-0.25, -0.2) is 4.57 Å². The SMILES string of the molecule is CCCCCCC/C=C\C/C=C\C/C=C\CCCCCCCCCCCCCCCCCCCCCCCCCCC(=O)NC(COP(=O)(O)OCC[N+](C)(C)C)C(O)CCCCCCCC. The molecule has 0 spiro atoms. The van der Waals surface area contributed by atoms with Crippen molar-refractivity contribution in [2.45, 2.75) is 289 Å². The van der Waals surface area contributed by atoms with Crippen molar-refractivity contribution in [1.82, 2.24) is 5.32 Å². The standard InChI is InChI=1S/C58H113N2O6P/c1-6-8-10-12-14-15-16-17-18-19-20-21-22-23-24-25-26-27-28-29-30-31-32-33-34-35-36-37-38-39-40-41-42-43-44-45-46-48-50-52-58(62)59-56(57(61)51-49-47-13-11-9-7-2)55-66-67(63,64)65-54-53-60(3,4)5/h16-17,19-20,22-23,56-57,61H,6-15,18,21,24-55H2,1-5H3,(H-,59,62,63,64)/p+1/b17-16-,20-19-,23-22-. The first kappa shape index (κ1) is 65.7. The van der Waals surface area contributed by atoms with E-state index in [2.05, 4.69) is 55.6 Å². The molecular formula is C58H114N2O6P+. The van der Waals surface area contributed by atoms with E-state index in [0.29, 0.717) is 23.9 Å². The predicted octanol–water partition coefficient (Wildman–Crippen LogP) is 17.4. The number of amides is 1. The predicted molar refractivity (Wildman–Crippen MR) is 291 cm³/mol. The summed E-state index contributed by atoms with van der Waals surface area (Å²) in [5.41, 5.74) is 0. The van der Waals surface area contributed by atoms with Gasteiger partial charge in [-0.1, -0.05) is 256 Å². The molecule has 8 nitrogen and oxygen atoms in total. The Bertz CT molecular complexity index is 1190. The summed E-state index contributed by atoms with van der Waals surface area (Å²) in [4.78, 5) is 23.1. The van der Waals surface area contributed by atoms with Crippen LogP contribution in [0.2, 0.25) is 0 Å². The molecule has 1 amide bonds. The van der Waals surface area contributed by atoms with Crippen LogP contribution < -0.4 is 5.32 Å². The van der Waals surface area contributed by atoms with Crippen LogP contribution in [0.4, 0.5) is 0 Å². The summed E-state index contributed by atoms with van der Waals surface area (Å²) in [6, 6.07) is -0.754. The average Bonchev–Trinajstić information content (AvgIpc) is 3.29. The van der Waals surface area contributed by atoms with Gasteiger partial charge in [0.2, 0.25) is 5.91 Å². The Morgan fingerprint density at radius 3 is 1.24 bits per heavy atom. The number of likely N-dealkylation sites (N-methyl/N-ethyl adjacent to an activating group) is 1. The quantitative estimate of drug-likeness (QED) is 0.0243. The molecule has 0 aliphatic carbocycles. The fraction of sp³-hybridized carbons (Fsp3) is 0.879. The maximum Gasteiger partial charge on any atom is 0.472 e. The van der Waals surface area contributed by atoms with E-state index in [0.717, 1.165) is 51.4 Å². The van der Waals surface area contributed by atoms with Crippen molar-refractivity contribution in [3.05, 3.63) is 36.5 Å². The Kier molecular flexibility index (Phi) is 48.7. The maximum atomic E-state index is 12.9. The zero-order valence-corrected chi connectivity index (χ0v) is 46.0. The topological polar surface area (TPSA) is 105 Å². The molecule has 0 aliphatic heterocycles. The van der Waals surface area contributed by atoms with E-state index in [-0.39, 0.29) is 19.1 Å². The van der Waals surface area contributed by atoms with Crippen LogP contribution in [0.1, 0.15) is 277 Å². The molecule has 9 heteroatoms. The number of quaternary nitrogens is 1. The van der Waals surface area contributed by atoms with Crippen molar-refractivity contribution < 1.29 is 32.9 Å². The van der Waals surface area contributed by atoms with Gasteiger partial charge in [0.1, 0.15) is 13.2 Å². The van der Waals surface area contributed by atoms with E-state index in [9.17, 15) is 19.4 Å². The van der Waals surface area contributed by atoms with Crippen molar-refractivity contribution in [1.29, 1.82) is 0 Å². The highest BCUT2D eigenvalue weighted by Gasteiger charge is 2.28. The summed E-state index contributed by atoms with van der Waals surface area (Å²) in [6.07, 6.45) is 64.1. The van der Waals surface area contributed by atoms with Crippen molar-refractivity contribution in [2.75, 3.05) is 40.9 Å². The number of hydrogen-bond acceptors (Lipinski definition) is 5. The van der Waals surface area contributed by atoms with E-state index in [4.69, 9.17) is 9.05 Å². The van der Waals surface area contributed by atoms with Gasteiger partial charge in [0, 0.05) is 6.42 Å². The minimum atomic E-state index is -4.30. The number of phosphoric acid groups is 1. The lowest BCUT2D eigenvalue weighted by molar-refractivity contribution is -0.870. The van der Waals surface area contributed by atoms with Crippen LogP contribution in [0.5, 0.6) is 0 Å². The summed E-state index contributed by atoms with van der Waals surface area (Å²) < 4.78 is 23.5. The smallest absolute Gasteiger partial charge is 0.391 e. The first-order valence-electron chi connectivity index (χ1n) is 28.9. The van der Waals surface area contributed by atoms with Gasteiger partial charge in [-0.15, -0.1) is 0 Å². The van der Waals surface area contributed by atoms with E-state index < -0.39 is 20.0 Å². The van der Waals surface area contributed by atoms with E-state index in [1.807, 2.05) is 21.1 Å². The number of carbonyl (C=O) groups is 1. The van der Waals surface area contributed by atoms with Crippen molar-refractivity contribution in [3.63, 3.8) is 0 Å². The molecule has 0 rings (SSSR count). The first-order chi connectivity index (χ1) is 32.5. The van der Waals surface area contributed by atoms with E-state index >= 15 is 0 Å². The summed E-state index contributed by atoms with van der Waals surface area (Å²) >= 11 is 0. The monoisotopic (exact) mass is 966 g/mol. The second kappa shape index (κ2) is 49.7. The molecule has 0 saturated heterocycles. The van der Waals surface area contributed by atoms with Crippen LogP contribution in [0, 0.1) is 0 Å². The first-order valence-corrected chi connectivity index (χ1v) is 30.3. The Balaban J connectivity index is 3.71. The van der Waals surface area contributed by atoms with E-state index in [1.165, 1.54) is 199 Å². The lowest BCUT2D eigenvalue weighted by atomic mass is 10.0.